The van der Waals surface area contributed by atoms with Crippen molar-refractivity contribution >= 4 is 0 Å². The SMILES string of the molecule is CC(C)(CO)N(CCO)[C@@H]1CCN(Cc2ccccc2)C1. The fourth-order valence-corrected chi connectivity index (χ4v) is 3.23. The summed E-state index contributed by atoms with van der Waals surface area (Å²) in [6.45, 7) is 8.01. The van der Waals surface area contributed by atoms with E-state index < -0.39 is 0 Å². The minimum Gasteiger partial charge on any atom is -0.395 e. The van der Waals surface area contributed by atoms with Crippen LogP contribution < -0.4 is 0 Å². The first-order chi connectivity index (χ1) is 10.1. The van der Waals surface area contributed by atoms with Crippen molar-refractivity contribution in [3.63, 3.8) is 0 Å². The fourth-order valence-electron chi connectivity index (χ4n) is 3.23. The summed E-state index contributed by atoms with van der Waals surface area (Å²) in [6, 6.07) is 10.9. The van der Waals surface area contributed by atoms with Gasteiger partial charge in [-0.3, -0.25) is 9.80 Å². The van der Waals surface area contributed by atoms with E-state index >= 15 is 0 Å². The van der Waals surface area contributed by atoms with Crippen LogP contribution in [0.5, 0.6) is 0 Å². The minimum absolute atomic E-state index is 0.113. The Labute approximate surface area is 128 Å². The number of hydrogen-bond donors (Lipinski definition) is 2. The summed E-state index contributed by atoms with van der Waals surface area (Å²) >= 11 is 0. The molecule has 2 N–H and O–H groups in total. The Hall–Kier alpha value is -0.940. The third-order valence-electron chi connectivity index (χ3n) is 4.44. The van der Waals surface area contributed by atoms with Gasteiger partial charge in [0.15, 0.2) is 0 Å². The highest BCUT2D eigenvalue weighted by Gasteiger charge is 2.35. The van der Waals surface area contributed by atoms with Crippen molar-refractivity contribution in [3.8, 4) is 0 Å². The molecule has 0 amide bonds. The molecular formula is C17H28N2O2. The van der Waals surface area contributed by atoms with Gasteiger partial charge < -0.3 is 10.2 Å². The van der Waals surface area contributed by atoms with E-state index in [1.165, 1.54) is 5.56 Å². The highest BCUT2D eigenvalue weighted by Crippen LogP contribution is 2.24. The molecule has 1 heterocycles. The summed E-state index contributed by atoms with van der Waals surface area (Å²) in [5.41, 5.74) is 1.06. The molecule has 1 aromatic carbocycles. The number of hydrogen-bond acceptors (Lipinski definition) is 4. The third-order valence-corrected chi connectivity index (χ3v) is 4.44. The van der Waals surface area contributed by atoms with Gasteiger partial charge in [-0.1, -0.05) is 30.3 Å². The average Bonchev–Trinajstić information content (AvgIpc) is 2.93. The molecule has 0 aliphatic carbocycles. The topological polar surface area (TPSA) is 46.9 Å². The Morgan fingerprint density at radius 1 is 1.24 bits per heavy atom. The lowest BCUT2D eigenvalue weighted by atomic mass is 10.0. The predicted molar refractivity (Wildman–Crippen MR) is 85.1 cm³/mol. The van der Waals surface area contributed by atoms with Crippen molar-refractivity contribution in [2.45, 2.75) is 38.4 Å². The van der Waals surface area contributed by atoms with Crippen molar-refractivity contribution < 1.29 is 10.2 Å². The van der Waals surface area contributed by atoms with Gasteiger partial charge in [-0.15, -0.1) is 0 Å². The van der Waals surface area contributed by atoms with Crippen LogP contribution in [0.1, 0.15) is 25.8 Å². The van der Waals surface area contributed by atoms with Crippen LogP contribution in [-0.2, 0) is 6.54 Å². The Bertz CT molecular complexity index is 422. The van der Waals surface area contributed by atoms with Crippen LogP contribution in [0, 0.1) is 0 Å². The molecule has 4 heteroatoms. The Kier molecular flexibility index (Phi) is 5.76. The van der Waals surface area contributed by atoms with Crippen LogP contribution in [-0.4, -0.2) is 64.4 Å². The first-order valence-electron chi connectivity index (χ1n) is 7.81. The number of β-amino-alcohol motifs (C(OH)–C–C–N with tert-alkyl or cyclic N) is 1. The number of likely N-dealkylation sites (tertiary alicyclic amines) is 1. The van der Waals surface area contributed by atoms with Gasteiger partial charge >= 0.3 is 0 Å². The summed E-state index contributed by atoms with van der Waals surface area (Å²) in [6.07, 6.45) is 1.09. The molecule has 0 radical (unpaired) electrons. The normalized spacial score (nSPS) is 20.3. The molecule has 0 saturated carbocycles. The molecule has 1 saturated heterocycles. The molecular weight excluding hydrogens is 264 g/mol. The monoisotopic (exact) mass is 292 g/mol. The average molecular weight is 292 g/mol. The van der Waals surface area contributed by atoms with E-state index in [4.69, 9.17) is 0 Å². The van der Waals surface area contributed by atoms with E-state index in [1.807, 2.05) is 19.9 Å². The molecule has 21 heavy (non-hydrogen) atoms. The van der Waals surface area contributed by atoms with E-state index in [2.05, 4.69) is 34.1 Å². The Balaban J connectivity index is 1.96. The lowest BCUT2D eigenvalue weighted by Gasteiger charge is -2.41. The smallest absolute Gasteiger partial charge is 0.0610 e. The van der Waals surface area contributed by atoms with Gasteiger partial charge in [0.05, 0.1) is 13.2 Å². The summed E-state index contributed by atoms with van der Waals surface area (Å²) < 4.78 is 0. The fraction of sp³-hybridized carbons (Fsp3) is 0.647. The number of nitrogens with zero attached hydrogens (tertiary/aromatic N) is 2. The Morgan fingerprint density at radius 2 is 1.95 bits per heavy atom. The molecule has 1 aliphatic heterocycles. The van der Waals surface area contributed by atoms with Gasteiger partial charge in [-0.2, -0.15) is 0 Å². The second-order valence-corrected chi connectivity index (χ2v) is 6.55. The second-order valence-electron chi connectivity index (χ2n) is 6.55. The lowest BCUT2D eigenvalue weighted by molar-refractivity contribution is 0.0126. The van der Waals surface area contributed by atoms with Gasteiger partial charge in [0.25, 0.3) is 0 Å². The van der Waals surface area contributed by atoms with E-state index in [-0.39, 0.29) is 18.8 Å². The van der Waals surface area contributed by atoms with Crippen LogP contribution in [0.3, 0.4) is 0 Å². The van der Waals surface area contributed by atoms with Crippen LogP contribution in [0.2, 0.25) is 0 Å². The quantitative estimate of drug-likeness (QED) is 0.796. The first-order valence-corrected chi connectivity index (χ1v) is 7.81. The molecule has 118 valence electrons. The molecule has 2 rings (SSSR count). The maximum absolute atomic E-state index is 9.62. The maximum Gasteiger partial charge on any atom is 0.0610 e. The standard InChI is InChI=1S/C17H28N2O2/c1-17(2,14-21)19(10-11-20)16-8-9-18(13-16)12-15-6-4-3-5-7-15/h3-7,16,20-21H,8-14H2,1-2H3/t16-/m1/s1. The number of rotatable bonds is 7. The molecule has 4 nitrogen and oxygen atoms in total. The van der Waals surface area contributed by atoms with Crippen molar-refractivity contribution in [2.24, 2.45) is 0 Å². The van der Waals surface area contributed by atoms with E-state index in [0.29, 0.717) is 12.6 Å². The van der Waals surface area contributed by atoms with Crippen molar-refractivity contribution in [1.29, 1.82) is 0 Å². The summed E-state index contributed by atoms with van der Waals surface area (Å²) in [4.78, 5) is 4.72. The molecule has 0 bridgehead atoms. The molecule has 1 fully saturated rings. The highest BCUT2D eigenvalue weighted by molar-refractivity contribution is 5.14. The molecule has 0 spiro atoms. The van der Waals surface area contributed by atoms with Gasteiger partial charge in [-0.05, 0) is 25.8 Å². The zero-order valence-electron chi connectivity index (χ0n) is 13.2. The van der Waals surface area contributed by atoms with Gasteiger partial charge in [-0.25, -0.2) is 0 Å². The molecule has 1 aromatic rings. The molecule has 1 aliphatic rings. The van der Waals surface area contributed by atoms with E-state index in [0.717, 1.165) is 26.1 Å². The summed E-state index contributed by atoms with van der Waals surface area (Å²) in [5.74, 6) is 0. The van der Waals surface area contributed by atoms with Crippen LogP contribution >= 0.6 is 0 Å². The van der Waals surface area contributed by atoms with Crippen molar-refractivity contribution in [2.75, 3.05) is 32.8 Å². The van der Waals surface area contributed by atoms with Crippen LogP contribution in [0.25, 0.3) is 0 Å². The third kappa shape index (κ3) is 4.27. The van der Waals surface area contributed by atoms with Gasteiger partial charge in [0.1, 0.15) is 0 Å². The zero-order valence-corrected chi connectivity index (χ0v) is 13.2. The van der Waals surface area contributed by atoms with Crippen molar-refractivity contribution in [3.05, 3.63) is 35.9 Å². The van der Waals surface area contributed by atoms with E-state index in [1.54, 1.807) is 0 Å². The number of aliphatic hydroxyl groups is 2. The number of aliphatic hydroxyl groups excluding tert-OH is 2. The van der Waals surface area contributed by atoms with Gasteiger partial charge in [0.2, 0.25) is 0 Å². The van der Waals surface area contributed by atoms with E-state index in [9.17, 15) is 10.2 Å². The summed E-state index contributed by atoms with van der Waals surface area (Å²) in [5, 5.41) is 18.9. The second kappa shape index (κ2) is 7.36. The molecule has 0 aromatic heterocycles. The molecule has 1 atom stereocenters. The van der Waals surface area contributed by atoms with Crippen LogP contribution in [0.4, 0.5) is 0 Å². The maximum atomic E-state index is 9.62. The lowest BCUT2D eigenvalue weighted by Crippen LogP contribution is -2.54. The van der Waals surface area contributed by atoms with Gasteiger partial charge in [0, 0.05) is 37.8 Å². The zero-order chi connectivity index (χ0) is 15.3. The number of benzene rings is 1. The summed E-state index contributed by atoms with van der Waals surface area (Å²) in [7, 11) is 0. The predicted octanol–water partition coefficient (Wildman–Crippen LogP) is 1.33. The first kappa shape index (κ1) is 16.4. The molecule has 0 unspecified atom stereocenters. The van der Waals surface area contributed by atoms with Crippen molar-refractivity contribution in [1.82, 2.24) is 9.80 Å². The minimum atomic E-state index is -0.282. The Morgan fingerprint density at radius 3 is 2.57 bits per heavy atom. The highest BCUT2D eigenvalue weighted by atomic mass is 16.3. The largest absolute Gasteiger partial charge is 0.395 e. The van der Waals surface area contributed by atoms with Crippen LogP contribution in [0.15, 0.2) is 30.3 Å².